The molecule has 0 bridgehead atoms. The molecule has 1 heterocycles. The highest BCUT2D eigenvalue weighted by Gasteiger charge is 2.46. The molecule has 0 radical (unpaired) electrons. The van der Waals surface area contributed by atoms with Crippen LogP contribution in [-0.4, -0.2) is 61.8 Å². The molecule has 3 rings (SSSR count). The molecule has 2 aromatic carbocycles. The second-order valence-corrected chi connectivity index (χ2v) is 8.57. The Balaban J connectivity index is 2.23. The van der Waals surface area contributed by atoms with Gasteiger partial charge in [-0.25, -0.2) is 0 Å². The van der Waals surface area contributed by atoms with E-state index in [0.717, 1.165) is 0 Å². The molecule has 1 atom stereocenters. The van der Waals surface area contributed by atoms with Crippen LogP contribution in [0.25, 0.3) is 5.76 Å². The minimum Gasteiger partial charge on any atom is -0.507 e. The number of likely N-dealkylation sites (tertiary alicyclic amines) is 1. The van der Waals surface area contributed by atoms with Crippen molar-refractivity contribution in [1.29, 1.82) is 0 Å². The minimum absolute atomic E-state index is 0.0772. The molecule has 188 valence electrons. The Morgan fingerprint density at radius 1 is 1.09 bits per heavy atom. The summed E-state index contributed by atoms with van der Waals surface area (Å²) in [5, 5.41) is 11.7. The molecule has 2 aromatic rings. The van der Waals surface area contributed by atoms with Crippen molar-refractivity contribution in [3.63, 3.8) is 0 Å². The number of carbonyl (C=O) groups is 2. The van der Waals surface area contributed by atoms with Crippen LogP contribution in [0.4, 0.5) is 0 Å². The van der Waals surface area contributed by atoms with Crippen molar-refractivity contribution >= 4 is 29.1 Å². The number of aliphatic hydroxyl groups excluding tert-OH is 1. The molecule has 1 unspecified atom stereocenters. The lowest BCUT2D eigenvalue weighted by Crippen LogP contribution is -2.32. The van der Waals surface area contributed by atoms with E-state index < -0.39 is 17.7 Å². The topological polar surface area (TPSA) is 94.5 Å². The summed E-state index contributed by atoms with van der Waals surface area (Å²) in [5.74, 6) is -0.619. The monoisotopic (exact) mass is 503 g/mol. The second-order valence-electron chi connectivity index (χ2n) is 8.14. The maximum absolute atomic E-state index is 13.2. The van der Waals surface area contributed by atoms with Gasteiger partial charge in [0, 0.05) is 18.7 Å². The van der Waals surface area contributed by atoms with Crippen LogP contribution in [0.2, 0.25) is 5.02 Å². The number of ketones is 1. The van der Waals surface area contributed by atoms with Crippen molar-refractivity contribution in [3.05, 3.63) is 58.1 Å². The number of nitrogens with zero attached hydrogens (tertiary/aromatic N) is 1. The van der Waals surface area contributed by atoms with Gasteiger partial charge < -0.3 is 29.0 Å². The molecule has 8 nitrogen and oxygen atoms in total. The van der Waals surface area contributed by atoms with E-state index in [1.807, 2.05) is 20.8 Å². The van der Waals surface area contributed by atoms with E-state index in [1.165, 1.54) is 25.2 Å². The third-order valence-electron chi connectivity index (χ3n) is 5.44. The van der Waals surface area contributed by atoms with Crippen molar-refractivity contribution in [2.45, 2.75) is 32.9 Å². The molecule has 1 aliphatic heterocycles. The van der Waals surface area contributed by atoms with Gasteiger partial charge in [-0.05, 0) is 56.7 Å². The average Bonchev–Trinajstić information content (AvgIpc) is 3.08. The fourth-order valence-electron chi connectivity index (χ4n) is 3.97. The molecule has 0 spiro atoms. The standard InChI is InChI=1S/C26H30ClNO7/c1-6-34-21-13-16(7-9-20(21)35-15(2)3)23-22(25(30)26(31)28(23)11-12-32-4)24(29)18-14-17(27)8-10-19(18)33-5/h7-10,13-15,23,29H,6,11-12H2,1-5H3/b24-22+. The van der Waals surface area contributed by atoms with Crippen LogP contribution in [-0.2, 0) is 14.3 Å². The molecular formula is C26H30ClNO7. The first-order valence-electron chi connectivity index (χ1n) is 11.3. The quantitative estimate of drug-likeness (QED) is 0.287. The van der Waals surface area contributed by atoms with E-state index >= 15 is 0 Å². The van der Waals surface area contributed by atoms with Crippen molar-refractivity contribution in [1.82, 2.24) is 4.90 Å². The highest BCUT2D eigenvalue weighted by Crippen LogP contribution is 2.43. The summed E-state index contributed by atoms with van der Waals surface area (Å²) in [5.41, 5.74) is 0.702. The summed E-state index contributed by atoms with van der Waals surface area (Å²) in [7, 11) is 2.95. The van der Waals surface area contributed by atoms with E-state index in [9.17, 15) is 14.7 Å². The van der Waals surface area contributed by atoms with E-state index in [1.54, 1.807) is 30.3 Å². The summed E-state index contributed by atoms with van der Waals surface area (Å²) < 4.78 is 22.2. The largest absolute Gasteiger partial charge is 0.507 e. The fourth-order valence-corrected chi connectivity index (χ4v) is 4.14. The SMILES string of the molecule is CCOc1cc(C2/C(=C(\O)c3cc(Cl)ccc3OC)C(=O)C(=O)N2CCOC)ccc1OC(C)C. The van der Waals surface area contributed by atoms with Crippen LogP contribution in [0.15, 0.2) is 42.0 Å². The van der Waals surface area contributed by atoms with E-state index in [-0.39, 0.29) is 36.2 Å². The summed E-state index contributed by atoms with van der Waals surface area (Å²) in [4.78, 5) is 27.6. The summed E-state index contributed by atoms with van der Waals surface area (Å²) in [6.45, 7) is 6.40. The Bertz CT molecular complexity index is 1130. The summed E-state index contributed by atoms with van der Waals surface area (Å²) in [6, 6.07) is 8.99. The normalized spacial score (nSPS) is 17.2. The predicted octanol–water partition coefficient (Wildman–Crippen LogP) is 4.60. The fraction of sp³-hybridized carbons (Fsp3) is 0.385. The molecule has 0 aromatic heterocycles. The third kappa shape index (κ3) is 5.55. The zero-order chi connectivity index (χ0) is 25.7. The number of Topliss-reactive ketones (excluding diaryl/α,β-unsaturated/α-hetero) is 1. The van der Waals surface area contributed by atoms with Crippen molar-refractivity contribution < 1.29 is 33.6 Å². The Kier molecular flexibility index (Phi) is 8.64. The van der Waals surface area contributed by atoms with E-state index in [2.05, 4.69) is 0 Å². The number of hydrogen-bond acceptors (Lipinski definition) is 7. The molecule has 1 amide bonds. The molecule has 1 fully saturated rings. The Labute approximate surface area is 210 Å². The van der Waals surface area contributed by atoms with Crippen LogP contribution < -0.4 is 14.2 Å². The lowest BCUT2D eigenvalue weighted by Gasteiger charge is -2.26. The van der Waals surface area contributed by atoms with Gasteiger partial charge in [-0.1, -0.05) is 17.7 Å². The number of amides is 1. The first kappa shape index (κ1) is 26.4. The van der Waals surface area contributed by atoms with Crippen LogP contribution in [0.5, 0.6) is 17.2 Å². The number of halogens is 1. The lowest BCUT2D eigenvalue weighted by molar-refractivity contribution is -0.140. The smallest absolute Gasteiger partial charge is 0.295 e. The first-order chi connectivity index (χ1) is 16.7. The minimum atomic E-state index is -0.888. The lowest BCUT2D eigenvalue weighted by atomic mass is 9.94. The van der Waals surface area contributed by atoms with Gasteiger partial charge in [0.05, 0.1) is 43.6 Å². The average molecular weight is 504 g/mol. The number of benzene rings is 2. The number of rotatable bonds is 10. The van der Waals surface area contributed by atoms with Gasteiger partial charge >= 0.3 is 0 Å². The first-order valence-corrected chi connectivity index (χ1v) is 11.7. The Hall–Kier alpha value is -3.23. The van der Waals surface area contributed by atoms with E-state index in [0.29, 0.717) is 34.4 Å². The molecule has 0 aliphatic carbocycles. The highest BCUT2D eigenvalue weighted by atomic mass is 35.5. The molecule has 1 N–H and O–H groups in total. The van der Waals surface area contributed by atoms with Crippen LogP contribution in [0, 0.1) is 0 Å². The maximum Gasteiger partial charge on any atom is 0.295 e. The van der Waals surface area contributed by atoms with Crippen LogP contribution in [0.1, 0.15) is 37.9 Å². The summed E-state index contributed by atoms with van der Waals surface area (Å²) in [6.07, 6.45) is -0.0808. The van der Waals surface area contributed by atoms with Crippen molar-refractivity contribution in [3.8, 4) is 17.2 Å². The molecule has 1 aliphatic rings. The van der Waals surface area contributed by atoms with Gasteiger partial charge in [-0.15, -0.1) is 0 Å². The number of aliphatic hydroxyl groups is 1. The van der Waals surface area contributed by atoms with Gasteiger partial charge in [-0.3, -0.25) is 9.59 Å². The molecular weight excluding hydrogens is 474 g/mol. The van der Waals surface area contributed by atoms with E-state index in [4.69, 9.17) is 30.5 Å². The van der Waals surface area contributed by atoms with Crippen LogP contribution in [0.3, 0.4) is 0 Å². The molecule has 1 saturated heterocycles. The Morgan fingerprint density at radius 3 is 2.43 bits per heavy atom. The van der Waals surface area contributed by atoms with Gasteiger partial charge in [0.15, 0.2) is 11.5 Å². The van der Waals surface area contributed by atoms with Gasteiger partial charge in [-0.2, -0.15) is 0 Å². The predicted molar refractivity (Wildman–Crippen MR) is 132 cm³/mol. The second kappa shape index (κ2) is 11.5. The zero-order valence-electron chi connectivity index (χ0n) is 20.5. The Morgan fingerprint density at radius 2 is 1.80 bits per heavy atom. The van der Waals surface area contributed by atoms with Crippen LogP contribution >= 0.6 is 11.6 Å². The molecule has 0 saturated carbocycles. The number of hydrogen-bond donors (Lipinski definition) is 1. The third-order valence-corrected chi connectivity index (χ3v) is 5.67. The molecule has 9 heteroatoms. The van der Waals surface area contributed by atoms with Crippen molar-refractivity contribution in [2.24, 2.45) is 0 Å². The maximum atomic E-state index is 13.2. The number of ether oxygens (including phenoxy) is 4. The van der Waals surface area contributed by atoms with Gasteiger partial charge in [0.2, 0.25) is 0 Å². The number of carbonyl (C=O) groups excluding carboxylic acids is 2. The zero-order valence-corrected chi connectivity index (χ0v) is 21.2. The van der Waals surface area contributed by atoms with Gasteiger partial charge in [0.25, 0.3) is 11.7 Å². The summed E-state index contributed by atoms with van der Waals surface area (Å²) >= 11 is 6.16. The number of methoxy groups -OCH3 is 2. The van der Waals surface area contributed by atoms with Gasteiger partial charge in [0.1, 0.15) is 11.5 Å². The molecule has 35 heavy (non-hydrogen) atoms. The van der Waals surface area contributed by atoms with Crippen molar-refractivity contribution in [2.75, 3.05) is 34.0 Å². The highest BCUT2D eigenvalue weighted by molar-refractivity contribution is 6.46.